The van der Waals surface area contributed by atoms with Crippen LogP contribution in [0.1, 0.15) is 45.4 Å². The fourth-order valence-electron chi connectivity index (χ4n) is 2.83. The van der Waals surface area contributed by atoms with Gasteiger partial charge in [0.1, 0.15) is 4.21 Å². The first-order valence-corrected chi connectivity index (χ1v) is 9.79. The van der Waals surface area contributed by atoms with E-state index in [-0.39, 0.29) is 16.9 Å². The quantitative estimate of drug-likeness (QED) is 0.844. The molecule has 1 aromatic heterocycles. The maximum atomic E-state index is 12.5. The second kappa shape index (κ2) is 4.78. The molecule has 2 fully saturated rings. The average molecular weight is 329 g/mol. The molecule has 1 aromatic rings. The summed E-state index contributed by atoms with van der Waals surface area (Å²) in [4.78, 5) is 1.08. The first-order chi connectivity index (χ1) is 9.64. The Labute approximate surface area is 131 Å². The lowest BCUT2D eigenvalue weighted by atomic mass is 10.0. The zero-order valence-corrected chi connectivity index (χ0v) is 14.7. The smallest absolute Gasteiger partial charge is 0.250 e. The maximum Gasteiger partial charge on any atom is 0.250 e. The number of hydrogen-bond donors (Lipinski definition) is 2. The van der Waals surface area contributed by atoms with Gasteiger partial charge in [0.05, 0.1) is 0 Å². The second-order valence-corrected chi connectivity index (χ2v) is 10.5. The molecular formula is C15H24N2O2S2. The SMILES string of the molecule is CC1(C)C(NS(=O)(=O)c2ccc(CNC3CC3)s2)C1(C)C. The van der Waals surface area contributed by atoms with Gasteiger partial charge in [-0.2, -0.15) is 0 Å². The highest BCUT2D eigenvalue weighted by Gasteiger charge is 2.66. The van der Waals surface area contributed by atoms with Crippen LogP contribution in [0.25, 0.3) is 0 Å². The molecule has 1 heterocycles. The number of thiophene rings is 1. The number of hydrogen-bond acceptors (Lipinski definition) is 4. The van der Waals surface area contributed by atoms with Gasteiger partial charge in [0.15, 0.2) is 0 Å². The maximum absolute atomic E-state index is 12.5. The van der Waals surface area contributed by atoms with Crippen LogP contribution in [0.3, 0.4) is 0 Å². The highest BCUT2D eigenvalue weighted by molar-refractivity contribution is 7.91. The van der Waals surface area contributed by atoms with E-state index in [4.69, 9.17) is 0 Å². The van der Waals surface area contributed by atoms with Gasteiger partial charge in [0, 0.05) is 23.5 Å². The summed E-state index contributed by atoms with van der Waals surface area (Å²) >= 11 is 1.37. The Bertz CT molecular complexity index is 628. The first kappa shape index (κ1) is 15.5. The molecule has 2 N–H and O–H groups in total. The third-order valence-corrected chi connectivity index (χ3v) is 8.34. The Morgan fingerprint density at radius 1 is 1.19 bits per heavy atom. The van der Waals surface area contributed by atoms with E-state index in [2.05, 4.69) is 37.7 Å². The minimum absolute atomic E-state index is 0.00476. The molecule has 0 amide bonds. The first-order valence-electron chi connectivity index (χ1n) is 7.49. The van der Waals surface area contributed by atoms with Gasteiger partial charge in [-0.25, -0.2) is 13.1 Å². The van der Waals surface area contributed by atoms with Gasteiger partial charge in [0.25, 0.3) is 0 Å². The Kier molecular flexibility index (Phi) is 3.52. The Morgan fingerprint density at radius 2 is 1.81 bits per heavy atom. The van der Waals surface area contributed by atoms with E-state index in [1.54, 1.807) is 6.07 Å². The molecule has 0 unspecified atom stereocenters. The van der Waals surface area contributed by atoms with Gasteiger partial charge in [-0.3, -0.25) is 0 Å². The highest BCUT2D eigenvalue weighted by atomic mass is 32.2. The van der Waals surface area contributed by atoms with Crippen LogP contribution in [-0.2, 0) is 16.6 Å². The van der Waals surface area contributed by atoms with Crippen molar-refractivity contribution in [1.82, 2.24) is 10.0 Å². The second-order valence-electron chi connectivity index (χ2n) is 7.37. The van der Waals surface area contributed by atoms with Crippen molar-refractivity contribution in [2.75, 3.05) is 0 Å². The van der Waals surface area contributed by atoms with Crippen molar-refractivity contribution in [2.24, 2.45) is 10.8 Å². The van der Waals surface area contributed by atoms with Crippen LogP contribution in [0.4, 0.5) is 0 Å². The van der Waals surface area contributed by atoms with Crippen molar-refractivity contribution in [3.63, 3.8) is 0 Å². The van der Waals surface area contributed by atoms with Crippen LogP contribution in [0, 0.1) is 10.8 Å². The third-order valence-electron chi connectivity index (χ3n) is 5.34. The lowest BCUT2D eigenvalue weighted by Gasteiger charge is -2.06. The van der Waals surface area contributed by atoms with Crippen molar-refractivity contribution in [1.29, 1.82) is 0 Å². The van der Waals surface area contributed by atoms with Crippen LogP contribution < -0.4 is 10.0 Å². The molecule has 0 aliphatic heterocycles. The van der Waals surface area contributed by atoms with Crippen LogP contribution in [-0.4, -0.2) is 20.5 Å². The standard InChI is InChI=1S/C15H24N2O2S2/c1-14(2)13(15(14,3)4)17-21(18,19)12-8-7-11(20-12)9-16-10-5-6-10/h7-8,10,13,16-17H,5-6,9H2,1-4H3. The van der Waals surface area contributed by atoms with Crippen molar-refractivity contribution >= 4 is 21.4 Å². The minimum atomic E-state index is -3.40. The van der Waals surface area contributed by atoms with Crippen LogP contribution in [0.5, 0.6) is 0 Å². The summed E-state index contributed by atoms with van der Waals surface area (Å²) in [5, 5.41) is 3.41. The molecule has 3 rings (SSSR count). The van der Waals surface area contributed by atoms with Gasteiger partial charge in [-0.15, -0.1) is 11.3 Å². The van der Waals surface area contributed by atoms with Crippen molar-refractivity contribution in [3.05, 3.63) is 17.0 Å². The van der Waals surface area contributed by atoms with Crippen LogP contribution in [0.15, 0.2) is 16.3 Å². The third kappa shape index (κ3) is 2.79. The van der Waals surface area contributed by atoms with Crippen LogP contribution >= 0.6 is 11.3 Å². The summed E-state index contributed by atoms with van der Waals surface area (Å²) in [5.41, 5.74) is 0.0153. The summed E-state index contributed by atoms with van der Waals surface area (Å²) in [6, 6.07) is 4.28. The molecule has 2 aliphatic rings. The van der Waals surface area contributed by atoms with E-state index in [9.17, 15) is 8.42 Å². The molecule has 2 saturated carbocycles. The minimum Gasteiger partial charge on any atom is -0.309 e. The van der Waals surface area contributed by atoms with Gasteiger partial charge < -0.3 is 5.32 Å². The summed E-state index contributed by atoms with van der Waals surface area (Å²) in [5.74, 6) is 0. The zero-order chi connectivity index (χ0) is 15.5. The Morgan fingerprint density at radius 3 is 2.33 bits per heavy atom. The van der Waals surface area contributed by atoms with Gasteiger partial charge in [0.2, 0.25) is 10.0 Å². The van der Waals surface area contributed by atoms with Gasteiger partial charge in [-0.1, -0.05) is 27.7 Å². The monoisotopic (exact) mass is 328 g/mol. The van der Waals surface area contributed by atoms with Gasteiger partial charge in [-0.05, 0) is 35.8 Å². The largest absolute Gasteiger partial charge is 0.309 e. The molecule has 0 spiro atoms. The molecule has 0 aromatic carbocycles. The summed E-state index contributed by atoms with van der Waals surface area (Å²) in [6.07, 6.45) is 2.48. The average Bonchev–Trinajstić information content (AvgIpc) is 3.18. The highest BCUT2D eigenvalue weighted by Crippen LogP contribution is 2.63. The molecule has 0 bridgehead atoms. The van der Waals surface area contributed by atoms with E-state index < -0.39 is 10.0 Å². The number of rotatable bonds is 6. The fourth-order valence-corrected chi connectivity index (χ4v) is 5.69. The zero-order valence-electron chi connectivity index (χ0n) is 13.1. The topological polar surface area (TPSA) is 58.2 Å². The normalized spacial score (nSPS) is 24.2. The molecule has 2 aliphatic carbocycles. The van der Waals surface area contributed by atoms with E-state index in [0.717, 1.165) is 11.4 Å². The lowest BCUT2D eigenvalue weighted by Crippen LogP contribution is -2.29. The predicted octanol–water partition coefficient (Wildman–Crippen LogP) is 2.71. The Balaban J connectivity index is 1.67. The molecule has 0 radical (unpaired) electrons. The van der Waals surface area contributed by atoms with Gasteiger partial charge >= 0.3 is 0 Å². The number of sulfonamides is 1. The molecule has 21 heavy (non-hydrogen) atoms. The summed E-state index contributed by atoms with van der Waals surface area (Å²) in [7, 11) is -3.40. The van der Waals surface area contributed by atoms with Crippen molar-refractivity contribution < 1.29 is 8.42 Å². The fraction of sp³-hybridized carbons (Fsp3) is 0.733. The van der Waals surface area contributed by atoms with Crippen molar-refractivity contribution in [3.8, 4) is 0 Å². The molecule has 6 heteroatoms. The predicted molar refractivity (Wildman–Crippen MR) is 85.9 cm³/mol. The van der Waals surface area contributed by atoms with Crippen molar-refractivity contribution in [2.45, 2.75) is 63.4 Å². The van der Waals surface area contributed by atoms with E-state index in [1.807, 2.05) is 6.07 Å². The summed E-state index contributed by atoms with van der Waals surface area (Å²) in [6.45, 7) is 9.21. The van der Waals surface area contributed by atoms with E-state index >= 15 is 0 Å². The summed E-state index contributed by atoms with van der Waals surface area (Å²) < 4.78 is 28.3. The molecule has 0 saturated heterocycles. The lowest BCUT2D eigenvalue weighted by molar-refractivity contribution is 0.457. The molecular weight excluding hydrogens is 304 g/mol. The van der Waals surface area contributed by atoms with E-state index in [0.29, 0.717) is 10.3 Å². The van der Waals surface area contributed by atoms with E-state index in [1.165, 1.54) is 24.2 Å². The Hall–Kier alpha value is -0.430. The molecule has 4 nitrogen and oxygen atoms in total. The van der Waals surface area contributed by atoms with Crippen LogP contribution in [0.2, 0.25) is 0 Å². The molecule has 118 valence electrons. The number of nitrogens with one attached hydrogen (secondary N) is 2. The molecule has 0 atom stereocenters.